The van der Waals surface area contributed by atoms with Crippen molar-refractivity contribution in [3.8, 4) is 0 Å². The van der Waals surface area contributed by atoms with Gasteiger partial charge in [0.15, 0.2) is 0 Å². The second-order valence-electron chi connectivity index (χ2n) is 7.83. The van der Waals surface area contributed by atoms with Crippen molar-refractivity contribution in [1.82, 2.24) is 9.88 Å². The summed E-state index contributed by atoms with van der Waals surface area (Å²) >= 11 is 0. The van der Waals surface area contributed by atoms with Crippen LogP contribution in [0.25, 0.3) is 0 Å². The van der Waals surface area contributed by atoms with Crippen LogP contribution in [0.4, 0.5) is 5.69 Å². The summed E-state index contributed by atoms with van der Waals surface area (Å²) in [5.41, 5.74) is 2.24. The van der Waals surface area contributed by atoms with Crippen molar-refractivity contribution < 1.29 is 9.59 Å². The standard InChI is InChI=1S/C22H29N3O3/c1-5-14-25-15-18(10-11-20(25)27)24-19(26)12-13-23-21(28)16-6-8-17(9-7-16)22(2,3)4/h6-11,15H,5,12-14H2,1-4H3,(H,23,28)(H,24,26). The topological polar surface area (TPSA) is 80.2 Å². The molecule has 0 radical (unpaired) electrons. The monoisotopic (exact) mass is 383 g/mol. The van der Waals surface area contributed by atoms with Gasteiger partial charge in [-0.1, -0.05) is 39.8 Å². The molecule has 0 aliphatic heterocycles. The summed E-state index contributed by atoms with van der Waals surface area (Å²) in [5.74, 6) is -0.421. The SMILES string of the molecule is CCCn1cc(NC(=O)CCNC(=O)c2ccc(C(C)(C)C)cc2)ccc1=O. The summed E-state index contributed by atoms with van der Waals surface area (Å²) in [7, 11) is 0. The van der Waals surface area contributed by atoms with Gasteiger partial charge < -0.3 is 15.2 Å². The fourth-order valence-corrected chi connectivity index (χ4v) is 2.76. The molecular formula is C22H29N3O3. The van der Waals surface area contributed by atoms with Gasteiger partial charge in [0, 0.05) is 37.3 Å². The predicted molar refractivity (Wildman–Crippen MR) is 112 cm³/mol. The Morgan fingerprint density at radius 2 is 1.71 bits per heavy atom. The zero-order valence-electron chi connectivity index (χ0n) is 17.0. The lowest BCUT2D eigenvalue weighted by Gasteiger charge is -2.19. The van der Waals surface area contributed by atoms with E-state index in [-0.39, 0.29) is 35.8 Å². The van der Waals surface area contributed by atoms with Gasteiger partial charge in [-0.05, 0) is 35.6 Å². The summed E-state index contributed by atoms with van der Waals surface area (Å²) in [4.78, 5) is 36.0. The second kappa shape index (κ2) is 9.35. The molecule has 2 N–H and O–H groups in total. The largest absolute Gasteiger partial charge is 0.352 e. The fourth-order valence-electron chi connectivity index (χ4n) is 2.76. The van der Waals surface area contributed by atoms with Crippen LogP contribution < -0.4 is 16.2 Å². The van der Waals surface area contributed by atoms with E-state index >= 15 is 0 Å². The zero-order chi connectivity index (χ0) is 20.7. The van der Waals surface area contributed by atoms with Gasteiger partial charge in [0.05, 0.1) is 5.69 Å². The first-order chi connectivity index (χ1) is 13.2. The Kier molecular flexibility index (Phi) is 7.15. The maximum atomic E-state index is 12.2. The van der Waals surface area contributed by atoms with Crippen LogP contribution in [-0.4, -0.2) is 22.9 Å². The van der Waals surface area contributed by atoms with Crippen molar-refractivity contribution in [3.63, 3.8) is 0 Å². The molecule has 1 aromatic carbocycles. The number of nitrogens with zero attached hydrogens (tertiary/aromatic N) is 1. The maximum absolute atomic E-state index is 12.2. The van der Waals surface area contributed by atoms with Gasteiger partial charge in [-0.15, -0.1) is 0 Å². The fraction of sp³-hybridized carbons (Fsp3) is 0.409. The minimum Gasteiger partial charge on any atom is -0.352 e. The van der Waals surface area contributed by atoms with Crippen LogP contribution >= 0.6 is 0 Å². The summed E-state index contributed by atoms with van der Waals surface area (Å²) < 4.78 is 1.57. The lowest BCUT2D eigenvalue weighted by molar-refractivity contribution is -0.116. The summed E-state index contributed by atoms with van der Waals surface area (Å²) in [6, 6.07) is 10.5. The van der Waals surface area contributed by atoms with Crippen molar-refractivity contribution in [2.24, 2.45) is 0 Å². The number of carbonyl (C=O) groups is 2. The molecule has 0 saturated carbocycles. The Bertz CT molecular complexity index is 877. The molecule has 0 bridgehead atoms. The van der Waals surface area contributed by atoms with E-state index in [4.69, 9.17) is 0 Å². The van der Waals surface area contributed by atoms with Crippen LogP contribution in [0.15, 0.2) is 47.4 Å². The summed E-state index contributed by atoms with van der Waals surface area (Å²) in [6.45, 7) is 9.18. The van der Waals surface area contributed by atoms with Crippen LogP contribution in [-0.2, 0) is 16.8 Å². The van der Waals surface area contributed by atoms with Gasteiger partial charge in [-0.3, -0.25) is 14.4 Å². The van der Waals surface area contributed by atoms with E-state index < -0.39 is 0 Å². The third-order valence-electron chi connectivity index (χ3n) is 4.38. The average molecular weight is 383 g/mol. The van der Waals surface area contributed by atoms with Gasteiger partial charge in [0.1, 0.15) is 0 Å². The number of hydrogen-bond acceptors (Lipinski definition) is 3. The first-order valence-electron chi connectivity index (χ1n) is 9.60. The first kappa shape index (κ1) is 21.4. The number of aromatic nitrogens is 1. The van der Waals surface area contributed by atoms with E-state index in [9.17, 15) is 14.4 Å². The molecule has 1 heterocycles. The predicted octanol–water partition coefficient (Wildman–Crippen LogP) is 3.31. The number of benzene rings is 1. The third kappa shape index (κ3) is 6.08. The van der Waals surface area contributed by atoms with Gasteiger partial charge >= 0.3 is 0 Å². The smallest absolute Gasteiger partial charge is 0.251 e. The lowest BCUT2D eigenvalue weighted by atomic mass is 9.87. The molecule has 0 unspecified atom stereocenters. The highest BCUT2D eigenvalue weighted by Gasteiger charge is 2.14. The summed E-state index contributed by atoms with van der Waals surface area (Å²) in [6.07, 6.45) is 2.62. The zero-order valence-corrected chi connectivity index (χ0v) is 17.0. The maximum Gasteiger partial charge on any atom is 0.251 e. The quantitative estimate of drug-likeness (QED) is 0.770. The van der Waals surface area contributed by atoms with E-state index in [0.717, 1.165) is 12.0 Å². The first-order valence-corrected chi connectivity index (χ1v) is 9.60. The second-order valence-corrected chi connectivity index (χ2v) is 7.83. The van der Waals surface area contributed by atoms with Gasteiger partial charge in [0.25, 0.3) is 11.5 Å². The minimum absolute atomic E-state index is 0.0344. The number of amides is 2. The molecule has 2 aromatic rings. The van der Waals surface area contributed by atoms with E-state index in [0.29, 0.717) is 17.8 Å². The number of aryl methyl sites for hydroxylation is 1. The molecular weight excluding hydrogens is 354 g/mol. The number of carbonyl (C=O) groups excluding carboxylic acids is 2. The van der Waals surface area contributed by atoms with E-state index in [2.05, 4.69) is 31.4 Å². The highest BCUT2D eigenvalue weighted by Crippen LogP contribution is 2.22. The molecule has 0 saturated heterocycles. The van der Waals surface area contributed by atoms with Gasteiger partial charge in [-0.25, -0.2) is 0 Å². The van der Waals surface area contributed by atoms with Crippen molar-refractivity contribution in [2.75, 3.05) is 11.9 Å². The van der Waals surface area contributed by atoms with E-state index in [1.807, 2.05) is 19.1 Å². The molecule has 0 aliphatic rings. The van der Waals surface area contributed by atoms with Gasteiger partial charge in [-0.2, -0.15) is 0 Å². The molecule has 2 rings (SSSR count). The van der Waals surface area contributed by atoms with Crippen LogP contribution in [0.2, 0.25) is 0 Å². The minimum atomic E-state index is -0.218. The molecule has 6 heteroatoms. The Morgan fingerprint density at radius 3 is 2.32 bits per heavy atom. The van der Waals surface area contributed by atoms with Gasteiger partial charge in [0.2, 0.25) is 5.91 Å². The van der Waals surface area contributed by atoms with Crippen LogP contribution in [0.1, 0.15) is 56.5 Å². The highest BCUT2D eigenvalue weighted by molar-refractivity contribution is 5.95. The van der Waals surface area contributed by atoms with Crippen molar-refractivity contribution in [1.29, 1.82) is 0 Å². The van der Waals surface area contributed by atoms with Crippen molar-refractivity contribution in [2.45, 2.75) is 52.5 Å². The highest BCUT2D eigenvalue weighted by atomic mass is 16.2. The molecule has 0 fully saturated rings. The Labute approximate surface area is 166 Å². The molecule has 28 heavy (non-hydrogen) atoms. The summed E-state index contributed by atoms with van der Waals surface area (Å²) in [5, 5.41) is 5.52. The lowest BCUT2D eigenvalue weighted by Crippen LogP contribution is -2.28. The van der Waals surface area contributed by atoms with E-state index in [1.165, 1.54) is 6.07 Å². The third-order valence-corrected chi connectivity index (χ3v) is 4.38. The van der Waals surface area contributed by atoms with Crippen molar-refractivity contribution >= 4 is 17.5 Å². The molecule has 150 valence electrons. The Morgan fingerprint density at radius 1 is 1.04 bits per heavy atom. The number of hydrogen-bond donors (Lipinski definition) is 2. The van der Waals surface area contributed by atoms with Crippen molar-refractivity contribution in [3.05, 3.63) is 64.1 Å². The molecule has 6 nitrogen and oxygen atoms in total. The van der Waals surface area contributed by atoms with Crippen LogP contribution in [0.3, 0.4) is 0 Å². The normalized spacial score (nSPS) is 11.1. The molecule has 0 aliphatic carbocycles. The van der Waals surface area contributed by atoms with Crippen LogP contribution in [0, 0.1) is 0 Å². The molecule has 0 atom stereocenters. The Balaban J connectivity index is 1.84. The van der Waals surface area contributed by atoms with Crippen LogP contribution in [0.5, 0.6) is 0 Å². The number of rotatable bonds is 7. The number of anilines is 1. The molecule has 0 spiro atoms. The molecule has 1 aromatic heterocycles. The number of pyridine rings is 1. The number of nitrogens with one attached hydrogen (secondary N) is 2. The molecule has 2 amide bonds. The Hall–Kier alpha value is -2.89. The average Bonchev–Trinajstić information content (AvgIpc) is 2.64. The van der Waals surface area contributed by atoms with E-state index in [1.54, 1.807) is 29.0 Å².